The van der Waals surface area contributed by atoms with Crippen molar-refractivity contribution in [1.82, 2.24) is 10.3 Å². The van der Waals surface area contributed by atoms with Crippen molar-refractivity contribution in [3.05, 3.63) is 35.7 Å². The number of carbonyl (C=O) groups excluding carboxylic acids is 1. The highest BCUT2D eigenvalue weighted by molar-refractivity contribution is 7.91. The molecule has 0 saturated heterocycles. The lowest BCUT2D eigenvalue weighted by atomic mass is 9.86. The van der Waals surface area contributed by atoms with Gasteiger partial charge >= 0.3 is 0 Å². The van der Waals surface area contributed by atoms with Crippen LogP contribution in [-0.2, 0) is 20.4 Å². The molecule has 2 aromatic rings. The van der Waals surface area contributed by atoms with Crippen LogP contribution in [0.25, 0.3) is 11.5 Å². The zero-order chi connectivity index (χ0) is 21.0. The molecule has 1 N–H and O–H groups in total. The summed E-state index contributed by atoms with van der Waals surface area (Å²) in [6.45, 7) is 3.77. The van der Waals surface area contributed by atoms with Gasteiger partial charge in [-0.2, -0.15) is 0 Å². The Balaban J connectivity index is 1.67. The fraction of sp³-hybridized carbons (Fsp3) is 0.524. The van der Waals surface area contributed by atoms with Crippen LogP contribution < -0.4 is 10.1 Å². The van der Waals surface area contributed by atoms with Gasteiger partial charge in [0.15, 0.2) is 9.84 Å². The highest BCUT2D eigenvalue weighted by Crippen LogP contribution is 2.26. The summed E-state index contributed by atoms with van der Waals surface area (Å²) in [5, 5.41) is 2.89. The van der Waals surface area contributed by atoms with Crippen molar-refractivity contribution in [1.29, 1.82) is 0 Å². The van der Waals surface area contributed by atoms with E-state index in [0.717, 1.165) is 25.7 Å². The molecule has 1 aliphatic carbocycles. The van der Waals surface area contributed by atoms with Crippen LogP contribution in [-0.4, -0.2) is 38.2 Å². The van der Waals surface area contributed by atoms with Crippen LogP contribution >= 0.6 is 0 Å². The second-order valence-electron chi connectivity index (χ2n) is 7.72. The molecule has 8 heteroatoms. The molecule has 158 valence electrons. The van der Waals surface area contributed by atoms with E-state index >= 15 is 0 Å². The lowest BCUT2D eigenvalue weighted by Gasteiger charge is -2.29. The van der Waals surface area contributed by atoms with E-state index in [4.69, 9.17) is 9.15 Å². The SMILES string of the molecule is COc1cccc(-c2nc(CS(=O)(=O)CC(=O)N[C@@H]3CCCC[C@H]3C)c(C)o2)c1. The van der Waals surface area contributed by atoms with Crippen LogP contribution in [0.15, 0.2) is 28.7 Å². The van der Waals surface area contributed by atoms with Gasteiger partial charge in [-0.15, -0.1) is 0 Å². The number of aryl methyl sites for hydroxylation is 1. The van der Waals surface area contributed by atoms with Crippen molar-refractivity contribution < 1.29 is 22.4 Å². The summed E-state index contributed by atoms with van der Waals surface area (Å²) in [6, 6.07) is 7.24. The quantitative estimate of drug-likeness (QED) is 0.738. The van der Waals surface area contributed by atoms with Gasteiger partial charge in [-0.25, -0.2) is 13.4 Å². The molecule has 1 aromatic carbocycles. The summed E-state index contributed by atoms with van der Waals surface area (Å²) in [5.74, 6) is 0.453. The van der Waals surface area contributed by atoms with Crippen LogP contribution in [0.2, 0.25) is 0 Å². The molecule has 0 spiro atoms. The molecule has 0 bridgehead atoms. The minimum atomic E-state index is -3.67. The largest absolute Gasteiger partial charge is 0.497 e. The van der Waals surface area contributed by atoms with Crippen LogP contribution in [0.5, 0.6) is 5.75 Å². The molecule has 1 amide bonds. The van der Waals surface area contributed by atoms with Crippen molar-refractivity contribution in [2.75, 3.05) is 12.9 Å². The number of benzene rings is 1. The van der Waals surface area contributed by atoms with Crippen molar-refractivity contribution >= 4 is 15.7 Å². The summed E-state index contributed by atoms with van der Waals surface area (Å²) >= 11 is 0. The maximum absolute atomic E-state index is 12.6. The number of oxazole rings is 1. The average molecular weight is 421 g/mol. The molecule has 0 radical (unpaired) electrons. The molecule has 1 aliphatic rings. The molecule has 0 unspecified atom stereocenters. The highest BCUT2D eigenvalue weighted by atomic mass is 32.2. The standard InChI is InChI=1S/C21H28N2O5S/c1-14-7-4-5-10-18(14)22-20(24)13-29(25,26)12-19-15(2)28-21(23-19)16-8-6-9-17(11-16)27-3/h6,8-9,11,14,18H,4-5,7,10,12-13H2,1-3H3,(H,22,24)/t14-,18-/m1/s1. The Morgan fingerprint density at radius 2 is 2.07 bits per heavy atom. The number of nitrogens with zero attached hydrogens (tertiary/aromatic N) is 1. The van der Waals surface area contributed by atoms with E-state index in [9.17, 15) is 13.2 Å². The first-order valence-electron chi connectivity index (χ1n) is 9.88. The van der Waals surface area contributed by atoms with Gasteiger partial charge in [-0.05, 0) is 43.9 Å². The molecular formula is C21H28N2O5S. The molecule has 1 saturated carbocycles. The third-order valence-electron chi connectivity index (χ3n) is 5.37. The summed E-state index contributed by atoms with van der Waals surface area (Å²) in [5.41, 5.74) is 1.02. The number of methoxy groups -OCH3 is 1. The molecular weight excluding hydrogens is 392 g/mol. The first-order chi connectivity index (χ1) is 13.8. The molecule has 7 nitrogen and oxygen atoms in total. The van der Waals surface area contributed by atoms with E-state index in [1.54, 1.807) is 32.2 Å². The molecule has 29 heavy (non-hydrogen) atoms. The van der Waals surface area contributed by atoms with Gasteiger partial charge in [0.25, 0.3) is 0 Å². The van der Waals surface area contributed by atoms with Gasteiger partial charge in [0.05, 0.1) is 18.6 Å². The van der Waals surface area contributed by atoms with Gasteiger partial charge in [-0.3, -0.25) is 4.79 Å². The summed E-state index contributed by atoms with van der Waals surface area (Å²) in [7, 11) is -2.10. The molecule has 2 atom stereocenters. The van der Waals surface area contributed by atoms with Crippen LogP contribution in [0.3, 0.4) is 0 Å². The monoisotopic (exact) mass is 420 g/mol. The Morgan fingerprint density at radius 3 is 2.79 bits per heavy atom. The molecule has 1 fully saturated rings. The van der Waals surface area contributed by atoms with E-state index < -0.39 is 21.5 Å². The lowest BCUT2D eigenvalue weighted by molar-refractivity contribution is -0.119. The van der Waals surface area contributed by atoms with Crippen molar-refractivity contribution in [3.63, 3.8) is 0 Å². The number of rotatable bonds is 7. The van der Waals surface area contributed by atoms with Gasteiger partial charge < -0.3 is 14.5 Å². The van der Waals surface area contributed by atoms with Gasteiger partial charge in [-0.1, -0.05) is 25.8 Å². The second kappa shape index (κ2) is 8.98. The first-order valence-corrected chi connectivity index (χ1v) is 11.7. The first kappa shape index (κ1) is 21.4. The fourth-order valence-corrected chi connectivity index (χ4v) is 4.95. The number of ether oxygens (including phenoxy) is 1. The van der Waals surface area contributed by atoms with E-state index in [0.29, 0.717) is 34.6 Å². The van der Waals surface area contributed by atoms with Crippen LogP contribution in [0.1, 0.15) is 44.1 Å². The number of sulfone groups is 1. The number of hydrogen-bond donors (Lipinski definition) is 1. The van der Waals surface area contributed by atoms with Crippen LogP contribution in [0.4, 0.5) is 0 Å². The smallest absolute Gasteiger partial charge is 0.235 e. The minimum Gasteiger partial charge on any atom is -0.497 e. The molecule has 1 heterocycles. The Bertz CT molecular complexity index is 967. The van der Waals surface area contributed by atoms with Crippen molar-refractivity contribution in [3.8, 4) is 17.2 Å². The van der Waals surface area contributed by atoms with E-state index in [1.165, 1.54) is 0 Å². The normalized spacial score (nSPS) is 19.7. The zero-order valence-electron chi connectivity index (χ0n) is 17.1. The maximum Gasteiger partial charge on any atom is 0.235 e. The number of amides is 1. The summed E-state index contributed by atoms with van der Waals surface area (Å²) in [6.07, 6.45) is 4.18. The number of nitrogens with one attached hydrogen (secondary N) is 1. The summed E-state index contributed by atoms with van der Waals surface area (Å²) in [4.78, 5) is 16.6. The van der Waals surface area contributed by atoms with E-state index in [-0.39, 0.29) is 11.8 Å². The zero-order valence-corrected chi connectivity index (χ0v) is 17.9. The predicted octanol–water partition coefficient (Wildman–Crippen LogP) is 3.27. The second-order valence-corrected chi connectivity index (χ2v) is 9.79. The Hall–Kier alpha value is -2.35. The Kier molecular flexibility index (Phi) is 6.62. The Labute approximate surface area is 171 Å². The lowest BCUT2D eigenvalue weighted by Crippen LogP contribution is -2.43. The number of hydrogen-bond acceptors (Lipinski definition) is 6. The van der Waals surface area contributed by atoms with Crippen LogP contribution in [0, 0.1) is 12.8 Å². The predicted molar refractivity (Wildman–Crippen MR) is 110 cm³/mol. The van der Waals surface area contributed by atoms with Gasteiger partial charge in [0.2, 0.25) is 11.8 Å². The number of carbonyl (C=O) groups is 1. The van der Waals surface area contributed by atoms with Gasteiger partial charge in [0.1, 0.15) is 17.3 Å². The topological polar surface area (TPSA) is 98.5 Å². The van der Waals surface area contributed by atoms with Crippen molar-refractivity contribution in [2.45, 2.75) is 51.3 Å². The van der Waals surface area contributed by atoms with E-state index in [2.05, 4.69) is 17.2 Å². The van der Waals surface area contributed by atoms with E-state index in [1.807, 2.05) is 6.07 Å². The number of aromatic nitrogens is 1. The molecule has 0 aliphatic heterocycles. The third kappa shape index (κ3) is 5.59. The maximum atomic E-state index is 12.6. The Morgan fingerprint density at radius 1 is 1.31 bits per heavy atom. The average Bonchev–Trinajstić information content (AvgIpc) is 3.03. The third-order valence-corrected chi connectivity index (χ3v) is 6.79. The minimum absolute atomic E-state index is 0.0555. The fourth-order valence-electron chi connectivity index (χ4n) is 3.68. The van der Waals surface area contributed by atoms with Gasteiger partial charge in [0, 0.05) is 11.6 Å². The molecule has 1 aromatic heterocycles. The molecule has 3 rings (SSSR count). The van der Waals surface area contributed by atoms with Crippen molar-refractivity contribution in [2.24, 2.45) is 5.92 Å². The summed E-state index contributed by atoms with van der Waals surface area (Å²) < 4.78 is 36.0. The highest BCUT2D eigenvalue weighted by Gasteiger charge is 2.26.